The summed E-state index contributed by atoms with van der Waals surface area (Å²) in [6, 6.07) is 11.6. The smallest absolute Gasteiger partial charge is 0.319 e. The van der Waals surface area contributed by atoms with Crippen LogP contribution in [0.4, 0.5) is 14.9 Å². The predicted octanol–water partition coefficient (Wildman–Crippen LogP) is 4.61. The normalized spacial score (nSPS) is 10.2. The van der Waals surface area contributed by atoms with Crippen LogP contribution in [-0.4, -0.2) is 12.6 Å². The lowest BCUT2D eigenvalue weighted by atomic mass is 10.1. The largest absolute Gasteiger partial charge is 0.338 e. The zero-order valence-electron chi connectivity index (χ0n) is 11.0. The van der Waals surface area contributed by atoms with Crippen LogP contribution >= 0.6 is 27.5 Å². The monoisotopic (exact) mass is 370 g/mol. The second-order valence-electron chi connectivity index (χ2n) is 4.36. The standard InChI is InChI=1S/C15H13BrClFN2O/c16-11-4-1-3-10(9-11)7-8-19-15(21)20-14-12(17)5-2-6-13(14)18/h1-6,9H,7-8H2,(H2,19,20,21). The van der Waals surface area contributed by atoms with Gasteiger partial charge in [0.05, 0.1) is 10.7 Å². The fourth-order valence-corrected chi connectivity index (χ4v) is 2.44. The molecule has 2 aromatic carbocycles. The highest BCUT2D eigenvalue weighted by molar-refractivity contribution is 9.10. The van der Waals surface area contributed by atoms with Crippen LogP contribution in [0.25, 0.3) is 0 Å². The fraction of sp³-hybridized carbons (Fsp3) is 0.133. The molecular weight excluding hydrogens is 359 g/mol. The van der Waals surface area contributed by atoms with Gasteiger partial charge in [-0.15, -0.1) is 0 Å². The Bertz CT molecular complexity index is 631. The third-order valence-electron chi connectivity index (χ3n) is 2.79. The summed E-state index contributed by atoms with van der Waals surface area (Å²) >= 11 is 9.22. The molecule has 0 saturated carbocycles. The molecule has 0 unspecified atom stereocenters. The van der Waals surface area contributed by atoms with Crippen molar-refractivity contribution < 1.29 is 9.18 Å². The van der Waals surface area contributed by atoms with Gasteiger partial charge in [-0.2, -0.15) is 0 Å². The summed E-state index contributed by atoms with van der Waals surface area (Å²) in [5.74, 6) is -0.565. The summed E-state index contributed by atoms with van der Waals surface area (Å²) in [6.45, 7) is 0.439. The molecule has 2 rings (SSSR count). The Balaban J connectivity index is 1.85. The number of amides is 2. The van der Waals surface area contributed by atoms with Crippen molar-refractivity contribution >= 4 is 39.2 Å². The number of hydrogen-bond donors (Lipinski definition) is 2. The third-order valence-corrected chi connectivity index (χ3v) is 3.60. The van der Waals surface area contributed by atoms with E-state index in [9.17, 15) is 9.18 Å². The van der Waals surface area contributed by atoms with Gasteiger partial charge in [-0.05, 0) is 36.2 Å². The molecule has 0 radical (unpaired) electrons. The van der Waals surface area contributed by atoms with Crippen molar-refractivity contribution in [1.82, 2.24) is 5.32 Å². The number of hydrogen-bond acceptors (Lipinski definition) is 1. The molecule has 6 heteroatoms. The summed E-state index contributed by atoms with van der Waals surface area (Å²) in [6.07, 6.45) is 0.678. The molecule has 0 saturated heterocycles. The summed E-state index contributed by atoms with van der Waals surface area (Å²) in [7, 11) is 0. The molecule has 0 aliphatic carbocycles. The number of benzene rings is 2. The van der Waals surface area contributed by atoms with Gasteiger partial charge in [-0.3, -0.25) is 0 Å². The lowest BCUT2D eigenvalue weighted by molar-refractivity contribution is 0.252. The van der Waals surface area contributed by atoms with Crippen molar-refractivity contribution in [3.63, 3.8) is 0 Å². The highest BCUT2D eigenvalue weighted by Crippen LogP contribution is 2.24. The number of carbonyl (C=O) groups excluding carboxylic acids is 1. The van der Waals surface area contributed by atoms with Crippen LogP contribution in [0.5, 0.6) is 0 Å². The Labute approximate surface area is 135 Å². The van der Waals surface area contributed by atoms with E-state index in [0.29, 0.717) is 13.0 Å². The zero-order chi connectivity index (χ0) is 15.2. The van der Waals surface area contributed by atoms with E-state index in [1.54, 1.807) is 0 Å². The lowest BCUT2D eigenvalue weighted by Crippen LogP contribution is -2.30. The van der Waals surface area contributed by atoms with Crippen LogP contribution in [0.2, 0.25) is 5.02 Å². The number of anilines is 1. The first-order valence-corrected chi connectivity index (χ1v) is 7.46. The molecule has 21 heavy (non-hydrogen) atoms. The molecular formula is C15H13BrClFN2O. The molecule has 110 valence electrons. The summed E-state index contributed by atoms with van der Waals surface area (Å²) in [5.41, 5.74) is 1.08. The van der Waals surface area contributed by atoms with Gasteiger partial charge in [-0.25, -0.2) is 9.18 Å². The van der Waals surface area contributed by atoms with E-state index < -0.39 is 11.8 Å². The lowest BCUT2D eigenvalue weighted by Gasteiger charge is -2.10. The highest BCUT2D eigenvalue weighted by atomic mass is 79.9. The van der Waals surface area contributed by atoms with Gasteiger partial charge >= 0.3 is 6.03 Å². The Morgan fingerprint density at radius 2 is 2.00 bits per heavy atom. The van der Waals surface area contributed by atoms with Crippen molar-refractivity contribution in [3.8, 4) is 0 Å². The van der Waals surface area contributed by atoms with Crippen LogP contribution in [0.1, 0.15) is 5.56 Å². The Morgan fingerprint density at radius 3 is 2.71 bits per heavy atom. The van der Waals surface area contributed by atoms with E-state index in [-0.39, 0.29) is 10.7 Å². The van der Waals surface area contributed by atoms with Gasteiger partial charge < -0.3 is 10.6 Å². The van der Waals surface area contributed by atoms with E-state index >= 15 is 0 Å². The van der Waals surface area contributed by atoms with Gasteiger partial charge in [0.2, 0.25) is 0 Å². The minimum absolute atomic E-state index is 0.0147. The maximum Gasteiger partial charge on any atom is 0.319 e. The third kappa shape index (κ3) is 4.72. The van der Waals surface area contributed by atoms with Crippen LogP contribution in [0, 0.1) is 5.82 Å². The quantitative estimate of drug-likeness (QED) is 0.810. The zero-order valence-corrected chi connectivity index (χ0v) is 13.3. The number of para-hydroxylation sites is 1. The molecule has 0 aromatic heterocycles. The molecule has 0 spiro atoms. The van der Waals surface area contributed by atoms with Crippen molar-refractivity contribution in [3.05, 3.63) is 63.3 Å². The van der Waals surface area contributed by atoms with Gasteiger partial charge in [0.25, 0.3) is 0 Å². The molecule has 0 heterocycles. The van der Waals surface area contributed by atoms with Crippen molar-refractivity contribution in [2.24, 2.45) is 0 Å². The number of carbonyl (C=O) groups is 1. The SMILES string of the molecule is O=C(NCCc1cccc(Br)c1)Nc1c(F)cccc1Cl. The van der Waals surface area contributed by atoms with Crippen LogP contribution < -0.4 is 10.6 Å². The summed E-state index contributed by atoms with van der Waals surface area (Å²) in [5, 5.41) is 5.24. The van der Waals surface area contributed by atoms with E-state index in [1.165, 1.54) is 18.2 Å². The van der Waals surface area contributed by atoms with Crippen molar-refractivity contribution in [1.29, 1.82) is 0 Å². The van der Waals surface area contributed by atoms with Crippen molar-refractivity contribution in [2.75, 3.05) is 11.9 Å². The van der Waals surface area contributed by atoms with Gasteiger partial charge in [-0.1, -0.05) is 45.7 Å². The van der Waals surface area contributed by atoms with Gasteiger partial charge in [0, 0.05) is 11.0 Å². The second kappa shape index (κ2) is 7.43. The first kappa shape index (κ1) is 15.8. The van der Waals surface area contributed by atoms with Gasteiger partial charge in [0.15, 0.2) is 0 Å². The van der Waals surface area contributed by atoms with E-state index in [2.05, 4.69) is 26.6 Å². The Kier molecular flexibility index (Phi) is 5.59. The van der Waals surface area contributed by atoms with Crippen LogP contribution in [-0.2, 0) is 6.42 Å². The number of rotatable bonds is 4. The maximum atomic E-state index is 13.5. The Hall–Kier alpha value is -1.59. The molecule has 0 fully saturated rings. The number of urea groups is 1. The Morgan fingerprint density at radius 1 is 1.24 bits per heavy atom. The fourth-order valence-electron chi connectivity index (χ4n) is 1.79. The topological polar surface area (TPSA) is 41.1 Å². The molecule has 0 aliphatic rings. The molecule has 0 atom stereocenters. The van der Waals surface area contributed by atoms with E-state index in [0.717, 1.165) is 10.0 Å². The summed E-state index contributed by atoms with van der Waals surface area (Å²) < 4.78 is 14.5. The highest BCUT2D eigenvalue weighted by Gasteiger charge is 2.09. The number of nitrogens with one attached hydrogen (secondary N) is 2. The van der Waals surface area contributed by atoms with E-state index in [1.807, 2.05) is 24.3 Å². The predicted molar refractivity (Wildman–Crippen MR) is 86.3 cm³/mol. The molecule has 2 aromatic rings. The first-order chi connectivity index (χ1) is 10.1. The summed E-state index contributed by atoms with van der Waals surface area (Å²) in [4.78, 5) is 11.7. The van der Waals surface area contributed by atoms with Crippen LogP contribution in [0.3, 0.4) is 0 Å². The van der Waals surface area contributed by atoms with E-state index in [4.69, 9.17) is 11.6 Å². The maximum absolute atomic E-state index is 13.5. The second-order valence-corrected chi connectivity index (χ2v) is 5.68. The molecule has 0 bridgehead atoms. The van der Waals surface area contributed by atoms with Crippen LogP contribution in [0.15, 0.2) is 46.9 Å². The average molecular weight is 372 g/mol. The van der Waals surface area contributed by atoms with Crippen molar-refractivity contribution in [2.45, 2.75) is 6.42 Å². The van der Waals surface area contributed by atoms with Gasteiger partial charge in [0.1, 0.15) is 5.82 Å². The number of halogens is 3. The molecule has 2 amide bonds. The molecule has 2 N–H and O–H groups in total. The molecule has 3 nitrogen and oxygen atoms in total. The minimum atomic E-state index is -0.565. The minimum Gasteiger partial charge on any atom is -0.338 e. The average Bonchev–Trinajstić information content (AvgIpc) is 2.43. The first-order valence-electron chi connectivity index (χ1n) is 6.29. The molecule has 0 aliphatic heterocycles.